The summed E-state index contributed by atoms with van der Waals surface area (Å²) in [6, 6.07) is 5.16. The standard InChI is InChI=1S/C12H14BrFO/c1-8(15)7-12(2,3)9-5-4-6-10(13)11(9)14/h4-6H,7H2,1-3H3. The van der Waals surface area contributed by atoms with Crippen LogP contribution < -0.4 is 0 Å². The van der Waals surface area contributed by atoms with Crippen LogP contribution in [0.25, 0.3) is 0 Å². The van der Waals surface area contributed by atoms with Gasteiger partial charge < -0.3 is 0 Å². The van der Waals surface area contributed by atoms with E-state index < -0.39 is 5.41 Å². The molecule has 3 heteroatoms. The van der Waals surface area contributed by atoms with Crippen molar-refractivity contribution in [3.05, 3.63) is 34.1 Å². The molecule has 0 aromatic heterocycles. The molecule has 1 rings (SSSR count). The number of halogens is 2. The van der Waals surface area contributed by atoms with Gasteiger partial charge in [0.25, 0.3) is 0 Å². The van der Waals surface area contributed by atoms with Crippen molar-refractivity contribution in [2.24, 2.45) is 0 Å². The maximum absolute atomic E-state index is 13.8. The van der Waals surface area contributed by atoms with Crippen molar-refractivity contribution in [3.63, 3.8) is 0 Å². The Morgan fingerprint density at radius 2 is 2.07 bits per heavy atom. The highest BCUT2D eigenvalue weighted by Gasteiger charge is 2.26. The van der Waals surface area contributed by atoms with Gasteiger partial charge in [-0.15, -0.1) is 0 Å². The third kappa shape index (κ3) is 2.88. The molecule has 0 amide bonds. The zero-order valence-corrected chi connectivity index (χ0v) is 10.7. The first-order valence-electron chi connectivity index (χ1n) is 4.78. The number of ketones is 1. The lowest BCUT2D eigenvalue weighted by Crippen LogP contribution is -2.22. The zero-order chi connectivity index (χ0) is 11.6. The highest BCUT2D eigenvalue weighted by Crippen LogP contribution is 2.32. The van der Waals surface area contributed by atoms with Crippen molar-refractivity contribution < 1.29 is 9.18 Å². The molecule has 15 heavy (non-hydrogen) atoms. The molecule has 1 aromatic carbocycles. The molecule has 1 aromatic rings. The summed E-state index contributed by atoms with van der Waals surface area (Å²) >= 11 is 3.14. The molecule has 1 nitrogen and oxygen atoms in total. The molecular weight excluding hydrogens is 259 g/mol. The van der Waals surface area contributed by atoms with Gasteiger partial charge in [0, 0.05) is 6.42 Å². The Kier molecular flexibility index (Phi) is 3.66. The van der Waals surface area contributed by atoms with E-state index in [-0.39, 0.29) is 11.6 Å². The number of Topliss-reactive ketones (excluding diaryl/α,β-unsaturated/α-hetero) is 1. The normalized spacial score (nSPS) is 11.5. The minimum atomic E-state index is -0.459. The highest BCUT2D eigenvalue weighted by molar-refractivity contribution is 9.10. The number of hydrogen-bond donors (Lipinski definition) is 0. The lowest BCUT2D eigenvalue weighted by Gasteiger charge is -2.24. The van der Waals surface area contributed by atoms with Crippen molar-refractivity contribution in [1.82, 2.24) is 0 Å². The van der Waals surface area contributed by atoms with Crippen molar-refractivity contribution in [2.45, 2.75) is 32.6 Å². The van der Waals surface area contributed by atoms with Crippen LogP contribution in [0.3, 0.4) is 0 Å². The SMILES string of the molecule is CC(=O)CC(C)(C)c1cccc(Br)c1F. The minimum absolute atomic E-state index is 0.0689. The van der Waals surface area contributed by atoms with E-state index in [1.807, 2.05) is 13.8 Å². The molecule has 0 fully saturated rings. The van der Waals surface area contributed by atoms with Gasteiger partial charge in [0.05, 0.1) is 4.47 Å². The molecule has 0 heterocycles. The molecule has 0 atom stereocenters. The molecule has 0 saturated carbocycles. The van der Waals surface area contributed by atoms with Crippen LogP contribution in [-0.2, 0) is 10.2 Å². The van der Waals surface area contributed by atoms with Gasteiger partial charge >= 0.3 is 0 Å². The summed E-state index contributed by atoms with van der Waals surface area (Å²) < 4.78 is 14.2. The number of benzene rings is 1. The van der Waals surface area contributed by atoms with Gasteiger partial charge in [-0.05, 0) is 39.9 Å². The summed E-state index contributed by atoms with van der Waals surface area (Å²) in [5.41, 5.74) is 0.117. The van der Waals surface area contributed by atoms with E-state index in [9.17, 15) is 9.18 Å². The quantitative estimate of drug-likeness (QED) is 0.817. The second-order valence-electron chi connectivity index (χ2n) is 4.36. The van der Waals surface area contributed by atoms with Gasteiger partial charge in [0.15, 0.2) is 0 Å². The van der Waals surface area contributed by atoms with Gasteiger partial charge in [-0.1, -0.05) is 26.0 Å². The minimum Gasteiger partial charge on any atom is -0.300 e. The molecule has 0 aliphatic heterocycles. The first-order valence-corrected chi connectivity index (χ1v) is 5.58. The average Bonchev–Trinajstić information content (AvgIpc) is 2.07. The van der Waals surface area contributed by atoms with Gasteiger partial charge in [-0.3, -0.25) is 4.79 Å². The van der Waals surface area contributed by atoms with Gasteiger partial charge in [-0.2, -0.15) is 0 Å². The summed E-state index contributed by atoms with van der Waals surface area (Å²) in [5.74, 6) is -0.205. The van der Waals surface area contributed by atoms with Crippen LogP contribution in [-0.4, -0.2) is 5.78 Å². The van der Waals surface area contributed by atoms with Crippen LogP contribution in [0, 0.1) is 5.82 Å². The van der Waals surface area contributed by atoms with Crippen molar-refractivity contribution >= 4 is 21.7 Å². The van der Waals surface area contributed by atoms with E-state index in [0.717, 1.165) is 0 Å². The molecule has 0 bridgehead atoms. The highest BCUT2D eigenvalue weighted by atomic mass is 79.9. The summed E-state index contributed by atoms with van der Waals surface area (Å²) in [6.45, 7) is 5.27. The fourth-order valence-electron chi connectivity index (χ4n) is 1.74. The summed E-state index contributed by atoms with van der Waals surface area (Å²) in [4.78, 5) is 11.1. The van der Waals surface area contributed by atoms with Gasteiger partial charge in [0.1, 0.15) is 11.6 Å². The van der Waals surface area contributed by atoms with Gasteiger partial charge in [-0.25, -0.2) is 4.39 Å². The summed E-state index contributed by atoms with van der Waals surface area (Å²) in [7, 11) is 0. The maximum atomic E-state index is 13.8. The van der Waals surface area contributed by atoms with E-state index >= 15 is 0 Å². The molecule has 0 saturated heterocycles. The first kappa shape index (κ1) is 12.4. The van der Waals surface area contributed by atoms with E-state index in [1.165, 1.54) is 6.92 Å². The second kappa shape index (κ2) is 4.44. The Balaban J connectivity index is 3.14. The fourth-order valence-corrected chi connectivity index (χ4v) is 2.11. The predicted molar refractivity (Wildman–Crippen MR) is 62.4 cm³/mol. The molecule has 0 N–H and O–H groups in total. The van der Waals surface area contributed by atoms with E-state index in [4.69, 9.17) is 0 Å². The lowest BCUT2D eigenvalue weighted by atomic mass is 9.80. The summed E-state index contributed by atoms with van der Waals surface area (Å²) in [6.07, 6.45) is 0.348. The first-order chi connectivity index (χ1) is 6.84. The van der Waals surface area contributed by atoms with Crippen LogP contribution in [0.4, 0.5) is 4.39 Å². The summed E-state index contributed by atoms with van der Waals surface area (Å²) in [5, 5.41) is 0. The fraction of sp³-hybridized carbons (Fsp3) is 0.417. The Hall–Kier alpha value is -0.700. The monoisotopic (exact) mass is 272 g/mol. The van der Waals surface area contributed by atoms with E-state index in [0.29, 0.717) is 16.5 Å². The topological polar surface area (TPSA) is 17.1 Å². The molecule has 0 spiro atoms. The van der Waals surface area contributed by atoms with Crippen LogP contribution in [0.5, 0.6) is 0 Å². The average molecular weight is 273 g/mol. The molecule has 0 unspecified atom stereocenters. The maximum Gasteiger partial charge on any atom is 0.141 e. The van der Waals surface area contributed by atoms with Crippen LogP contribution in [0.15, 0.2) is 22.7 Å². The largest absolute Gasteiger partial charge is 0.300 e. The third-order valence-corrected chi connectivity index (χ3v) is 2.98. The van der Waals surface area contributed by atoms with Crippen LogP contribution in [0.1, 0.15) is 32.8 Å². The number of rotatable bonds is 3. The second-order valence-corrected chi connectivity index (χ2v) is 5.22. The number of carbonyl (C=O) groups excluding carboxylic acids is 1. The Bertz CT molecular complexity index is 385. The molecule has 0 aliphatic carbocycles. The van der Waals surface area contributed by atoms with Crippen LogP contribution >= 0.6 is 15.9 Å². The Morgan fingerprint density at radius 3 is 2.60 bits per heavy atom. The smallest absolute Gasteiger partial charge is 0.141 e. The number of hydrogen-bond acceptors (Lipinski definition) is 1. The van der Waals surface area contributed by atoms with Crippen molar-refractivity contribution in [3.8, 4) is 0 Å². The lowest BCUT2D eigenvalue weighted by molar-refractivity contribution is -0.118. The molecule has 0 aliphatic rings. The number of carbonyl (C=O) groups is 1. The van der Waals surface area contributed by atoms with Crippen molar-refractivity contribution in [1.29, 1.82) is 0 Å². The van der Waals surface area contributed by atoms with Gasteiger partial charge in [0.2, 0.25) is 0 Å². The zero-order valence-electron chi connectivity index (χ0n) is 9.10. The Morgan fingerprint density at radius 1 is 1.47 bits per heavy atom. The molecular formula is C12H14BrFO. The Labute approximate surface area is 97.8 Å². The van der Waals surface area contributed by atoms with Crippen LogP contribution in [0.2, 0.25) is 0 Å². The van der Waals surface area contributed by atoms with E-state index in [2.05, 4.69) is 15.9 Å². The van der Waals surface area contributed by atoms with E-state index in [1.54, 1.807) is 18.2 Å². The molecule has 82 valence electrons. The molecule has 0 radical (unpaired) electrons. The third-order valence-electron chi connectivity index (χ3n) is 2.37. The van der Waals surface area contributed by atoms with Crippen molar-refractivity contribution in [2.75, 3.05) is 0 Å². The predicted octanol–water partition coefficient (Wildman–Crippen LogP) is 3.84.